The van der Waals surface area contributed by atoms with Crippen LogP contribution in [0.25, 0.3) is 32.1 Å². The zero-order valence-electron chi connectivity index (χ0n) is 28.3. The summed E-state index contributed by atoms with van der Waals surface area (Å²) in [6.07, 6.45) is -4.55. The number of nitrogen functional groups attached to an aromatic ring is 1. The third-order valence-corrected chi connectivity index (χ3v) is 11.2. The van der Waals surface area contributed by atoms with Gasteiger partial charge in [0.15, 0.2) is 5.82 Å². The number of hydrogen-bond donors (Lipinski definition) is 1. The Bertz CT molecular complexity index is 2370. The lowest BCUT2D eigenvalue weighted by molar-refractivity contribution is -0.137. The molecule has 3 aromatic heterocycles. The van der Waals surface area contributed by atoms with Crippen LogP contribution in [-0.4, -0.2) is 92.5 Å². The van der Waals surface area contributed by atoms with Crippen LogP contribution < -0.4 is 15.4 Å². The normalized spacial score (nSPS) is 20.2. The second kappa shape index (κ2) is 12.4. The number of fused-ring (bicyclic) bond motifs is 4. The molecule has 19 heteroatoms. The number of nitrogens with zero attached hydrogens (tertiary/aromatic N) is 9. The fourth-order valence-corrected chi connectivity index (χ4v) is 8.70. The van der Waals surface area contributed by atoms with Gasteiger partial charge in [0.2, 0.25) is 5.82 Å². The molecule has 53 heavy (non-hydrogen) atoms. The summed E-state index contributed by atoms with van der Waals surface area (Å²) in [6.45, 7) is 1.09. The van der Waals surface area contributed by atoms with Gasteiger partial charge in [-0.3, -0.25) is 9.69 Å². The fourth-order valence-electron chi connectivity index (χ4n) is 7.75. The summed E-state index contributed by atoms with van der Waals surface area (Å²) < 4.78 is 99.2. The summed E-state index contributed by atoms with van der Waals surface area (Å²) in [5, 5.41) is 13.4. The van der Waals surface area contributed by atoms with E-state index >= 15 is 17.6 Å². The molecule has 276 valence electrons. The molecule has 2 fully saturated rings. The smallest absolute Gasteiger partial charge is 0.417 e. The Kier molecular flexibility index (Phi) is 8.18. The van der Waals surface area contributed by atoms with Gasteiger partial charge < -0.3 is 20.3 Å². The maximum absolute atomic E-state index is 17.2. The zero-order chi connectivity index (χ0) is 37.6. The number of aromatic nitrogens is 5. The monoisotopic (exact) mass is 756 g/mol. The molecule has 0 bridgehead atoms. The van der Waals surface area contributed by atoms with Gasteiger partial charge in [-0.15, -0.1) is 16.4 Å². The second-order valence-electron chi connectivity index (χ2n) is 13.6. The van der Waals surface area contributed by atoms with E-state index in [0.717, 1.165) is 24.6 Å². The first-order chi connectivity index (χ1) is 25.2. The Balaban J connectivity index is 1.32. The first kappa shape index (κ1) is 34.8. The predicted molar refractivity (Wildman–Crippen MR) is 182 cm³/mol. The number of halogens is 6. The van der Waals surface area contributed by atoms with Crippen molar-refractivity contribution >= 4 is 49.1 Å². The molecule has 2 N–H and O–H groups in total. The molecule has 2 aromatic carbocycles. The Morgan fingerprint density at radius 3 is 2.72 bits per heavy atom. The number of amides is 1. The van der Waals surface area contributed by atoms with Crippen molar-refractivity contribution in [2.75, 3.05) is 51.0 Å². The topological polar surface area (TPSA) is 142 Å². The number of anilines is 2. The van der Waals surface area contributed by atoms with Crippen molar-refractivity contribution in [3.05, 3.63) is 52.6 Å². The van der Waals surface area contributed by atoms with Gasteiger partial charge in [0.25, 0.3) is 5.91 Å². The van der Waals surface area contributed by atoms with E-state index in [4.69, 9.17) is 10.5 Å². The lowest BCUT2D eigenvalue weighted by Gasteiger charge is -2.31. The third kappa shape index (κ3) is 5.66. The summed E-state index contributed by atoms with van der Waals surface area (Å²) in [5.41, 5.74) is 1.73. The maximum Gasteiger partial charge on any atom is 0.417 e. The van der Waals surface area contributed by atoms with Crippen molar-refractivity contribution < 1.29 is 35.9 Å². The van der Waals surface area contributed by atoms with Crippen LogP contribution in [0.5, 0.6) is 6.01 Å². The molecule has 8 rings (SSSR count). The van der Waals surface area contributed by atoms with E-state index in [9.17, 15) is 18.8 Å². The van der Waals surface area contributed by atoms with Gasteiger partial charge in [-0.2, -0.15) is 28.4 Å². The molecular weight excluding hydrogens is 726 g/mol. The van der Waals surface area contributed by atoms with E-state index in [1.54, 1.807) is 19.0 Å². The molecule has 12 nitrogen and oxygen atoms in total. The quantitative estimate of drug-likeness (QED) is 0.220. The molecule has 0 aliphatic carbocycles. The highest BCUT2D eigenvalue weighted by Crippen LogP contribution is 2.48. The molecule has 0 spiro atoms. The number of carbonyl (C=O) groups excluding carboxylic acids is 1. The van der Waals surface area contributed by atoms with Crippen LogP contribution in [0, 0.1) is 23.0 Å². The van der Waals surface area contributed by atoms with Crippen molar-refractivity contribution in [2.45, 2.75) is 50.2 Å². The average molecular weight is 757 g/mol. The number of thiophene rings is 1. The summed E-state index contributed by atoms with van der Waals surface area (Å²) in [7, 11) is 3.08. The minimum Gasteiger partial charge on any atom is -0.461 e. The molecule has 6 heterocycles. The van der Waals surface area contributed by atoms with Gasteiger partial charge in [-0.1, -0.05) is 6.07 Å². The summed E-state index contributed by atoms with van der Waals surface area (Å²) in [6, 6.07) is 4.07. The maximum atomic E-state index is 17.2. The van der Waals surface area contributed by atoms with Crippen LogP contribution in [0.3, 0.4) is 0 Å². The standard InChI is InChI=1S/C34H30F6N10O2S/c1-47(2)31(51)29-43-22-14-48(8-9-50(22)46-29)30-18-10-20(34(38,39)40)24(17-4-5-21(36)27-23(17)19(12-41)28(42)53-27)25(37)26(18)44-32(45-30)52-15-33-6-3-7-49(33)13-16(35)11-33/h4-5,10,16H,3,6-9,11,13-15,42H2,1-2H3. The van der Waals surface area contributed by atoms with Crippen LogP contribution >= 0.6 is 11.3 Å². The molecule has 5 aromatic rings. The van der Waals surface area contributed by atoms with E-state index in [2.05, 4.69) is 20.1 Å². The van der Waals surface area contributed by atoms with Gasteiger partial charge in [0.1, 0.15) is 46.8 Å². The molecule has 0 radical (unpaired) electrons. The predicted octanol–water partition coefficient (Wildman–Crippen LogP) is 5.53. The van der Waals surface area contributed by atoms with Crippen LogP contribution in [0.2, 0.25) is 0 Å². The minimum absolute atomic E-state index is 0.0455. The molecule has 2 atom stereocenters. The number of benzene rings is 2. The first-order valence-corrected chi connectivity index (χ1v) is 17.5. The van der Waals surface area contributed by atoms with Gasteiger partial charge in [-0.05, 0) is 37.1 Å². The Morgan fingerprint density at radius 2 is 1.98 bits per heavy atom. The fraction of sp³-hybridized carbons (Fsp3) is 0.412. The van der Waals surface area contributed by atoms with Gasteiger partial charge in [0, 0.05) is 49.9 Å². The highest BCUT2D eigenvalue weighted by atomic mass is 32.1. The number of hydrogen-bond acceptors (Lipinski definition) is 11. The van der Waals surface area contributed by atoms with Gasteiger partial charge in [0.05, 0.1) is 34.5 Å². The summed E-state index contributed by atoms with van der Waals surface area (Å²) in [4.78, 5) is 30.6. The van der Waals surface area contributed by atoms with Crippen molar-refractivity contribution in [3.63, 3.8) is 0 Å². The third-order valence-electron chi connectivity index (χ3n) is 10.2. The number of alkyl halides is 4. The Hall–Kier alpha value is -5.22. The second-order valence-corrected chi connectivity index (χ2v) is 14.7. The van der Waals surface area contributed by atoms with E-state index in [1.165, 1.54) is 9.58 Å². The lowest BCUT2D eigenvalue weighted by Crippen LogP contribution is -2.43. The molecule has 3 aliphatic rings. The molecule has 2 unspecified atom stereocenters. The largest absolute Gasteiger partial charge is 0.461 e. The number of rotatable bonds is 6. The SMILES string of the molecule is CN(C)C(=O)c1nc2n(n1)CCN(c1nc(OCC34CCCN3CC(F)C4)nc3c(F)c(-c4ccc(F)c5sc(N)c(C#N)c45)c(C(F)(F)F)cc13)C2. The molecule has 0 saturated carbocycles. The van der Waals surface area contributed by atoms with Crippen LogP contribution in [0.15, 0.2) is 18.2 Å². The molecule has 3 aliphatic heterocycles. The number of nitriles is 1. The minimum atomic E-state index is -5.15. The average Bonchev–Trinajstić information content (AvgIpc) is 3.87. The first-order valence-electron chi connectivity index (χ1n) is 16.6. The van der Waals surface area contributed by atoms with E-state index in [1.807, 2.05) is 11.0 Å². The summed E-state index contributed by atoms with van der Waals surface area (Å²) >= 11 is 0.667. The van der Waals surface area contributed by atoms with E-state index < -0.39 is 57.6 Å². The van der Waals surface area contributed by atoms with E-state index in [-0.39, 0.29) is 82.9 Å². The number of carbonyl (C=O) groups is 1. The molecule has 1 amide bonds. The number of nitrogens with two attached hydrogens (primary N) is 1. The zero-order valence-corrected chi connectivity index (χ0v) is 29.1. The highest BCUT2D eigenvalue weighted by molar-refractivity contribution is 7.23. The van der Waals surface area contributed by atoms with Crippen LogP contribution in [0.4, 0.5) is 37.2 Å². The van der Waals surface area contributed by atoms with Gasteiger partial charge in [-0.25, -0.2) is 22.8 Å². The highest BCUT2D eigenvalue weighted by Gasteiger charge is 2.49. The lowest BCUT2D eigenvalue weighted by atomic mass is 9.92. The van der Waals surface area contributed by atoms with Crippen LogP contribution in [0.1, 0.15) is 46.8 Å². The van der Waals surface area contributed by atoms with Crippen molar-refractivity contribution in [1.29, 1.82) is 5.26 Å². The van der Waals surface area contributed by atoms with E-state index in [0.29, 0.717) is 30.1 Å². The molecule has 2 saturated heterocycles. The summed E-state index contributed by atoms with van der Waals surface area (Å²) in [5.74, 6) is -2.55. The molecular formula is C34H30F6N10O2S. The number of ether oxygens (including phenoxy) is 1. The Labute approximate surface area is 301 Å². The van der Waals surface area contributed by atoms with Crippen molar-refractivity contribution in [1.82, 2.24) is 34.5 Å². The van der Waals surface area contributed by atoms with Crippen LogP contribution in [-0.2, 0) is 19.3 Å². The Morgan fingerprint density at radius 1 is 1.19 bits per heavy atom. The van der Waals surface area contributed by atoms with Crippen molar-refractivity contribution in [3.8, 4) is 23.2 Å². The van der Waals surface area contributed by atoms with Gasteiger partial charge >= 0.3 is 12.2 Å². The van der Waals surface area contributed by atoms with Crippen molar-refractivity contribution in [2.24, 2.45) is 0 Å².